The topological polar surface area (TPSA) is 266 Å². The smallest absolute Gasteiger partial charge is 0.303 e. The van der Waals surface area contributed by atoms with E-state index in [0.717, 1.165) is 23.9 Å². The van der Waals surface area contributed by atoms with Crippen LogP contribution in [0.2, 0.25) is 0 Å². The molecule has 0 aliphatic carbocycles. The van der Waals surface area contributed by atoms with E-state index >= 15 is 0 Å². The Morgan fingerprint density at radius 1 is 1.07 bits per heavy atom. The highest BCUT2D eigenvalue weighted by Gasteiger charge is 2.32. The van der Waals surface area contributed by atoms with Crippen molar-refractivity contribution < 1.29 is 38.8 Å². The number of amides is 5. The van der Waals surface area contributed by atoms with Gasteiger partial charge in [-0.15, -0.1) is 11.8 Å². The van der Waals surface area contributed by atoms with Crippen LogP contribution in [0.15, 0.2) is 23.1 Å². The van der Waals surface area contributed by atoms with Crippen LogP contribution in [-0.4, -0.2) is 82.5 Å². The summed E-state index contributed by atoms with van der Waals surface area (Å²) in [5.41, 5.74) is 10.0. The standard InChI is InChI=1S/C23H31N7O9S/c24-8-2-1-3-14-22(36)29-16(21(35)26-10-18(25)31)11-40-17-6-4-12(30(38)39)9-13(17)20(34)27-15(23(37)28-14)5-7-19(32)33/h4,6,9,14-16H,1-3,5,7-8,10-11,24H2,(H2,25,31)(H,26,35)(H,27,34)(H,28,37)(H,29,36)(H,32,33). The Balaban J connectivity index is 2.53. The van der Waals surface area contributed by atoms with Crippen molar-refractivity contribution in [3.63, 3.8) is 0 Å². The van der Waals surface area contributed by atoms with Crippen molar-refractivity contribution in [3.05, 3.63) is 33.9 Å². The van der Waals surface area contributed by atoms with Crippen LogP contribution in [0.5, 0.6) is 0 Å². The summed E-state index contributed by atoms with van der Waals surface area (Å²) in [6.45, 7) is -0.193. The average molecular weight is 582 g/mol. The predicted molar refractivity (Wildman–Crippen MR) is 141 cm³/mol. The maximum atomic E-state index is 13.2. The number of nitrogens with two attached hydrogens (primary N) is 2. The van der Waals surface area contributed by atoms with Gasteiger partial charge in [0.25, 0.3) is 11.6 Å². The SMILES string of the molecule is NCCCCC1NC(=O)C(CCC(=O)O)NC(=O)c2cc([N+](=O)[O-])ccc2SCC(C(=O)NCC(N)=O)NC1=O. The summed E-state index contributed by atoms with van der Waals surface area (Å²) >= 11 is 0.917. The minimum absolute atomic E-state index is 0.115. The van der Waals surface area contributed by atoms with E-state index in [1.807, 2.05) is 0 Å². The Morgan fingerprint density at radius 3 is 2.38 bits per heavy atom. The summed E-state index contributed by atoms with van der Waals surface area (Å²) in [7, 11) is 0. The van der Waals surface area contributed by atoms with Gasteiger partial charge in [-0.05, 0) is 38.3 Å². The molecule has 3 atom stereocenters. The van der Waals surface area contributed by atoms with Crippen molar-refractivity contribution in [2.24, 2.45) is 11.5 Å². The van der Waals surface area contributed by atoms with Crippen molar-refractivity contribution >= 4 is 53.0 Å². The summed E-state index contributed by atoms with van der Waals surface area (Å²) in [6, 6.07) is -0.440. The summed E-state index contributed by atoms with van der Waals surface area (Å²) in [4.78, 5) is 85.6. The van der Waals surface area contributed by atoms with Crippen LogP contribution in [0, 0.1) is 10.1 Å². The lowest BCUT2D eigenvalue weighted by Gasteiger charge is -2.24. The number of nitrogens with zero attached hydrogens (tertiary/aromatic N) is 1. The van der Waals surface area contributed by atoms with Crippen LogP contribution in [0.4, 0.5) is 5.69 Å². The Bertz CT molecular complexity index is 1160. The molecule has 1 aromatic carbocycles. The van der Waals surface area contributed by atoms with Crippen LogP contribution in [0.25, 0.3) is 0 Å². The molecular weight excluding hydrogens is 550 g/mol. The summed E-state index contributed by atoms with van der Waals surface area (Å²) in [6.07, 6.45) is 0.221. The number of hydrogen-bond acceptors (Lipinski definition) is 10. The summed E-state index contributed by atoms with van der Waals surface area (Å²) in [5, 5.41) is 30.2. The molecule has 0 aromatic heterocycles. The van der Waals surface area contributed by atoms with Crippen molar-refractivity contribution in [2.75, 3.05) is 18.8 Å². The van der Waals surface area contributed by atoms with Crippen molar-refractivity contribution in [1.29, 1.82) is 0 Å². The molecule has 17 heteroatoms. The highest BCUT2D eigenvalue weighted by molar-refractivity contribution is 7.99. The van der Waals surface area contributed by atoms with Gasteiger partial charge in [-0.25, -0.2) is 0 Å². The number of carbonyl (C=O) groups is 6. The zero-order valence-electron chi connectivity index (χ0n) is 21.3. The van der Waals surface area contributed by atoms with E-state index in [0.29, 0.717) is 19.4 Å². The summed E-state index contributed by atoms with van der Waals surface area (Å²) in [5.74, 6) is -5.50. The van der Waals surface area contributed by atoms with Gasteiger partial charge in [-0.3, -0.25) is 38.9 Å². The van der Waals surface area contributed by atoms with Crippen LogP contribution in [0.1, 0.15) is 42.5 Å². The average Bonchev–Trinajstić information content (AvgIpc) is 2.90. The molecule has 0 saturated carbocycles. The molecule has 0 spiro atoms. The highest BCUT2D eigenvalue weighted by atomic mass is 32.2. The molecule has 3 unspecified atom stereocenters. The van der Waals surface area contributed by atoms with Gasteiger partial charge in [0.1, 0.15) is 18.1 Å². The number of hydrogen-bond donors (Lipinski definition) is 7. The first-order valence-electron chi connectivity index (χ1n) is 12.2. The number of primary amides is 1. The third kappa shape index (κ3) is 9.81. The van der Waals surface area contributed by atoms with Gasteiger partial charge in [0, 0.05) is 29.2 Å². The molecule has 0 fully saturated rings. The molecule has 5 amide bonds. The molecule has 16 nitrogen and oxygen atoms in total. The highest BCUT2D eigenvalue weighted by Crippen LogP contribution is 2.28. The first-order valence-corrected chi connectivity index (χ1v) is 13.2. The van der Waals surface area contributed by atoms with Crippen LogP contribution < -0.4 is 32.7 Å². The normalized spacial score (nSPS) is 19.8. The van der Waals surface area contributed by atoms with Crippen molar-refractivity contribution in [1.82, 2.24) is 21.3 Å². The number of benzene rings is 1. The number of unbranched alkanes of at least 4 members (excludes halogenated alkanes) is 1. The number of carbonyl (C=O) groups excluding carboxylic acids is 5. The Labute approximate surface area is 232 Å². The quantitative estimate of drug-likeness (QED) is 0.0885. The molecule has 1 heterocycles. The number of non-ortho nitro benzene ring substituents is 1. The van der Waals surface area contributed by atoms with E-state index in [-0.39, 0.29) is 29.1 Å². The van der Waals surface area contributed by atoms with E-state index in [9.17, 15) is 38.9 Å². The maximum Gasteiger partial charge on any atom is 0.303 e. The monoisotopic (exact) mass is 581 g/mol. The van der Waals surface area contributed by atoms with Gasteiger partial charge in [0.2, 0.25) is 23.6 Å². The van der Waals surface area contributed by atoms with E-state index in [4.69, 9.17) is 16.6 Å². The third-order valence-corrected chi connectivity index (χ3v) is 6.91. The zero-order valence-corrected chi connectivity index (χ0v) is 22.2. The molecular formula is C23H31N7O9S. The zero-order chi connectivity index (χ0) is 29.8. The number of rotatable bonds is 11. The molecule has 9 N–H and O–H groups in total. The minimum Gasteiger partial charge on any atom is -0.481 e. The molecule has 2 rings (SSSR count). The van der Waals surface area contributed by atoms with Gasteiger partial charge in [0.05, 0.1) is 17.0 Å². The number of aliphatic carboxylic acids is 1. The fourth-order valence-electron chi connectivity index (χ4n) is 3.67. The predicted octanol–water partition coefficient (Wildman–Crippen LogP) is -1.64. The van der Waals surface area contributed by atoms with Crippen molar-refractivity contribution in [3.8, 4) is 0 Å². The second-order valence-electron chi connectivity index (χ2n) is 8.80. The second-order valence-corrected chi connectivity index (χ2v) is 9.86. The maximum absolute atomic E-state index is 13.2. The van der Waals surface area contributed by atoms with E-state index in [1.54, 1.807) is 0 Å². The fraction of sp³-hybridized carbons (Fsp3) is 0.478. The van der Waals surface area contributed by atoms with E-state index in [1.165, 1.54) is 6.07 Å². The Hall–Kier alpha value is -4.25. The van der Waals surface area contributed by atoms with Gasteiger partial charge in [0.15, 0.2) is 0 Å². The van der Waals surface area contributed by atoms with Crippen LogP contribution in [0.3, 0.4) is 0 Å². The lowest BCUT2D eigenvalue weighted by atomic mass is 10.1. The number of nitrogens with one attached hydrogen (secondary N) is 4. The first kappa shape index (κ1) is 32.0. The number of nitro benzene ring substituents is 1. The largest absolute Gasteiger partial charge is 0.481 e. The number of thioether (sulfide) groups is 1. The molecule has 1 aromatic rings. The second kappa shape index (κ2) is 15.4. The Morgan fingerprint density at radius 2 is 1.75 bits per heavy atom. The minimum atomic E-state index is -1.40. The first-order chi connectivity index (χ1) is 18.9. The van der Waals surface area contributed by atoms with Gasteiger partial charge < -0.3 is 37.8 Å². The molecule has 1 aliphatic heterocycles. The third-order valence-electron chi connectivity index (χ3n) is 5.74. The van der Waals surface area contributed by atoms with Crippen LogP contribution >= 0.6 is 11.8 Å². The fourth-order valence-corrected chi connectivity index (χ4v) is 4.72. The molecule has 1 aliphatic rings. The van der Waals surface area contributed by atoms with E-state index in [2.05, 4.69) is 21.3 Å². The number of carboxylic acid groups (broad SMARTS) is 1. The number of fused-ring (bicyclic) bond motifs is 1. The van der Waals surface area contributed by atoms with Gasteiger partial charge in [-0.1, -0.05) is 0 Å². The lowest BCUT2D eigenvalue weighted by molar-refractivity contribution is -0.384. The van der Waals surface area contributed by atoms with Gasteiger partial charge >= 0.3 is 5.97 Å². The van der Waals surface area contributed by atoms with Crippen molar-refractivity contribution in [2.45, 2.75) is 55.1 Å². The molecule has 0 saturated heterocycles. The number of nitro groups is 1. The van der Waals surface area contributed by atoms with Gasteiger partial charge in [-0.2, -0.15) is 0 Å². The van der Waals surface area contributed by atoms with E-state index < -0.39 is 77.2 Å². The molecule has 218 valence electrons. The molecule has 0 radical (unpaired) electrons. The number of carboxylic acids is 1. The van der Waals surface area contributed by atoms with Crippen LogP contribution in [-0.2, 0) is 24.0 Å². The summed E-state index contributed by atoms with van der Waals surface area (Å²) < 4.78 is 0. The molecule has 40 heavy (non-hydrogen) atoms. The lowest BCUT2D eigenvalue weighted by Crippen LogP contribution is -2.57. The molecule has 0 bridgehead atoms. The Kier molecular flexibility index (Phi) is 12.3.